The number of hydrogen-bond donors (Lipinski definition) is 1. The molecule has 14 heteroatoms. The highest BCUT2D eigenvalue weighted by Gasteiger charge is 2.34. The first kappa shape index (κ1) is 34.0. The van der Waals surface area contributed by atoms with Gasteiger partial charge in [0.15, 0.2) is 11.5 Å². The Kier molecular flexibility index (Phi) is 11.3. The van der Waals surface area contributed by atoms with E-state index in [1.54, 1.807) is 58.1 Å². The zero-order chi connectivity index (χ0) is 32.6. The molecule has 0 aliphatic heterocycles. The average Bonchev–Trinajstić information content (AvgIpc) is 3.67. The van der Waals surface area contributed by atoms with Gasteiger partial charge in [-0.2, -0.15) is 0 Å². The molecule has 0 aliphatic carbocycles. The predicted molar refractivity (Wildman–Crippen MR) is 170 cm³/mol. The van der Waals surface area contributed by atoms with E-state index in [9.17, 15) is 9.36 Å². The van der Waals surface area contributed by atoms with Crippen molar-refractivity contribution in [2.24, 2.45) is 0 Å². The van der Waals surface area contributed by atoms with Gasteiger partial charge in [-0.25, -0.2) is 23.4 Å². The lowest BCUT2D eigenvalue weighted by Crippen LogP contribution is -2.21. The summed E-state index contributed by atoms with van der Waals surface area (Å²) >= 11 is 1.61. The van der Waals surface area contributed by atoms with Crippen LogP contribution >= 0.6 is 19.2 Å². The number of hydrogen-bond acceptors (Lipinski definition) is 12. The number of phosphoric ester groups is 1. The van der Waals surface area contributed by atoms with E-state index >= 15 is 0 Å². The highest BCUT2D eigenvalue weighted by atomic mass is 32.1. The monoisotopic (exact) mass is 660 g/mol. The average molecular weight is 661 g/mol. The second-order valence-electron chi connectivity index (χ2n) is 10.7. The fourth-order valence-corrected chi connectivity index (χ4v) is 5.95. The SMILES string of the molecule is COc1cc(-c2nc(-c3ccccc3)c(-c3cccs3)[nH]2)cc(OC)c1OCOP(=O)(OCOC(=O)OC(C)C)OC(C)(C)C. The van der Waals surface area contributed by atoms with Crippen molar-refractivity contribution in [2.45, 2.75) is 46.3 Å². The highest BCUT2D eigenvalue weighted by Crippen LogP contribution is 2.53. The minimum atomic E-state index is -4.28. The van der Waals surface area contributed by atoms with Crippen LogP contribution in [0.1, 0.15) is 34.6 Å². The number of carbonyl (C=O) groups excluding carboxylic acids is 1. The van der Waals surface area contributed by atoms with Gasteiger partial charge in [0.2, 0.25) is 19.3 Å². The Hall–Kier alpha value is -3.87. The highest BCUT2D eigenvalue weighted by molar-refractivity contribution is 7.48. The van der Waals surface area contributed by atoms with Crippen molar-refractivity contribution in [1.82, 2.24) is 9.97 Å². The quantitative estimate of drug-likeness (QED) is 0.0794. The molecule has 2 aromatic carbocycles. The number of carbonyl (C=O) groups is 1. The largest absolute Gasteiger partial charge is 0.510 e. The van der Waals surface area contributed by atoms with Gasteiger partial charge in [0, 0.05) is 11.1 Å². The van der Waals surface area contributed by atoms with Crippen LogP contribution in [0.5, 0.6) is 17.2 Å². The zero-order valence-electron chi connectivity index (χ0n) is 26.2. The van der Waals surface area contributed by atoms with Crippen LogP contribution in [0.4, 0.5) is 4.79 Å². The van der Waals surface area contributed by atoms with E-state index in [0.29, 0.717) is 22.9 Å². The van der Waals surface area contributed by atoms with Crippen molar-refractivity contribution < 1.29 is 46.6 Å². The fraction of sp³-hybridized carbons (Fsp3) is 0.355. The van der Waals surface area contributed by atoms with E-state index in [1.807, 2.05) is 47.8 Å². The van der Waals surface area contributed by atoms with E-state index < -0.39 is 39.3 Å². The summed E-state index contributed by atoms with van der Waals surface area (Å²) in [6, 6.07) is 17.4. The second kappa shape index (κ2) is 14.9. The van der Waals surface area contributed by atoms with Gasteiger partial charge in [0.25, 0.3) is 0 Å². The number of benzene rings is 2. The predicted octanol–water partition coefficient (Wildman–Crippen LogP) is 8.30. The molecule has 242 valence electrons. The molecule has 0 spiro atoms. The summed E-state index contributed by atoms with van der Waals surface area (Å²) in [5.74, 6) is 1.37. The van der Waals surface area contributed by atoms with Crippen LogP contribution in [-0.4, -0.2) is 55.6 Å². The van der Waals surface area contributed by atoms with E-state index in [1.165, 1.54) is 14.2 Å². The van der Waals surface area contributed by atoms with Gasteiger partial charge in [-0.15, -0.1) is 11.3 Å². The van der Waals surface area contributed by atoms with Crippen LogP contribution in [0.2, 0.25) is 0 Å². The van der Waals surface area contributed by atoms with Gasteiger partial charge in [0.1, 0.15) is 5.82 Å². The van der Waals surface area contributed by atoms with E-state index in [-0.39, 0.29) is 5.75 Å². The van der Waals surface area contributed by atoms with Gasteiger partial charge in [-0.1, -0.05) is 36.4 Å². The Morgan fingerprint density at radius 3 is 2.20 bits per heavy atom. The molecule has 2 aromatic heterocycles. The number of thiophene rings is 1. The Bertz CT molecular complexity index is 1580. The number of imidazole rings is 1. The summed E-state index contributed by atoms with van der Waals surface area (Å²) in [6.07, 6.45) is -1.40. The summed E-state index contributed by atoms with van der Waals surface area (Å²) in [4.78, 5) is 21.1. The third kappa shape index (κ3) is 9.32. The number of nitrogens with one attached hydrogen (secondary N) is 1. The third-order valence-electron chi connectivity index (χ3n) is 5.77. The number of methoxy groups -OCH3 is 2. The van der Waals surface area contributed by atoms with Crippen LogP contribution in [0.15, 0.2) is 60.0 Å². The Morgan fingerprint density at radius 1 is 0.956 bits per heavy atom. The normalized spacial score (nSPS) is 12.9. The molecule has 0 bridgehead atoms. The lowest BCUT2D eigenvalue weighted by molar-refractivity contribution is -0.0432. The first-order valence-corrected chi connectivity index (χ1v) is 16.3. The zero-order valence-corrected chi connectivity index (χ0v) is 27.9. The van der Waals surface area contributed by atoms with E-state index in [2.05, 4.69) is 4.98 Å². The molecule has 0 amide bonds. The lowest BCUT2D eigenvalue weighted by Gasteiger charge is -2.26. The number of nitrogens with zero attached hydrogens (tertiary/aromatic N) is 1. The maximum absolute atomic E-state index is 13.4. The van der Waals surface area contributed by atoms with Crippen molar-refractivity contribution in [3.8, 4) is 50.5 Å². The van der Waals surface area contributed by atoms with Crippen LogP contribution in [0.3, 0.4) is 0 Å². The maximum atomic E-state index is 13.4. The molecule has 0 radical (unpaired) electrons. The van der Waals surface area contributed by atoms with Crippen LogP contribution < -0.4 is 14.2 Å². The molecule has 45 heavy (non-hydrogen) atoms. The molecule has 4 aromatic rings. The summed E-state index contributed by atoms with van der Waals surface area (Å²) < 4.78 is 56.3. The molecule has 0 saturated heterocycles. The number of ether oxygens (including phenoxy) is 5. The van der Waals surface area contributed by atoms with Gasteiger partial charge in [0.05, 0.1) is 42.2 Å². The summed E-state index contributed by atoms with van der Waals surface area (Å²) in [5.41, 5.74) is 2.39. The third-order valence-corrected chi connectivity index (χ3v) is 8.27. The topological polar surface area (TPSA) is 137 Å². The smallest absolute Gasteiger partial charge is 0.493 e. The lowest BCUT2D eigenvalue weighted by atomic mass is 10.1. The first-order valence-electron chi connectivity index (χ1n) is 13.9. The number of aromatic nitrogens is 2. The van der Waals surface area contributed by atoms with Crippen molar-refractivity contribution in [3.05, 3.63) is 60.0 Å². The number of aromatic amines is 1. The molecule has 4 rings (SSSR count). The number of rotatable bonds is 14. The van der Waals surface area contributed by atoms with Crippen molar-refractivity contribution >= 4 is 25.3 Å². The molecule has 2 heterocycles. The van der Waals surface area contributed by atoms with E-state index in [4.69, 9.17) is 42.2 Å². The Labute approximate surface area is 266 Å². The summed E-state index contributed by atoms with van der Waals surface area (Å²) in [6.45, 7) is 6.97. The minimum Gasteiger partial charge on any atom is -0.493 e. The first-order chi connectivity index (χ1) is 21.4. The summed E-state index contributed by atoms with van der Waals surface area (Å²) in [7, 11) is -1.33. The molecule has 1 unspecified atom stereocenters. The Balaban J connectivity index is 1.56. The summed E-state index contributed by atoms with van der Waals surface area (Å²) in [5, 5.41) is 2.01. The van der Waals surface area contributed by atoms with Gasteiger partial charge >= 0.3 is 14.0 Å². The molecule has 0 aliphatic rings. The number of H-pyrrole nitrogens is 1. The number of phosphoric acid groups is 1. The van der Waals surface area contributed by atoms with Gasteiger partial charge < -0.3 is 28.7 Å². The van der Waals surface area contributed by atoms with Gasteiger partial charge in [-0.3, -0.25) is 4.52 Å². The molecule has 1 N–H and O–H groups in total. The van der Waals surface area contributed by atoms with Crippen LogP contribution in [0, 0.1) is 0 Å². The minimum absolute atomic E-state index is 0.177. The maximum Gasteiger partial charge on any atom is 0.510 e. The molecular formula is C31H37N2O10PS. The second-order valence-corrected chi connectivity index (χ2v) is 13.3. The standard InChI is InChI=1S/C31H37N2O10PS/c1-20(2)42-30(34)39-19-41-44(35,43-31(3,4)5)40-18-38-28-23(36-6)16-22(17-24(28)37-7)29-32-26(21-12-9-8-10-13-21)27(33-29)25-14-11-15-45-25/h8-17,20H,18-19H2,1-7H3,(H,32,33). The molecule has 1 atom stereocenters. The van der Waals surface area contributed by atoms with Crippen LogP contribution in [-0.2, 0) is 27.6 Å². The van der Waals surface area contributed by atoms with Crippen molar-refractivity contribution in [3.63, 3.8) is 0 Å². The molecule has 0 fully saturated rings. The van der Waals surface area contributed by atoms with E-state index in [0.717, 1.165) is 21.8 Å². The molecule has 12 nitrogen and oxygen atoms in total. The van der Waals surface area contributed by atoms with Crippen molar-refractivity contribution in [1.29, 1.82) is 0 Å². The van der Waals surface area contributed by atoms with Gasteiger partial charge in [-0.05, 0) is 58.2 Å². The van der Waals surface area contributed by atoms with Crippen LogP contribution in [0.25, 0.3) is 33.2 Å². The van der Waals surface area contributed by atoms with Crippen molar-refractivity contribution in [2.75, 3.05) is 27.8 Å². The molecule has 0 saturated carbocycles. The Morgan fingerprint density at radius 2 is 1.62 bits per heavy atom. The molecular weight excluding hydrogens is 623 g/mol. The fourth-order valence-electron chi connectivity index (χ4n) is 4.01.